The molecule has 0 aromatic heterocycles. The first-order valence-electron chi connectivity index (χ1n) is 9.35. The topological polar surface area (TPSA) is 72.5 Å². The van der Waals surface area contributed by atoms with E-state index < -0.39 is 25.7 Å². The van der Waals surface area contributed by atoms with Crippen molar-refractivity contribution in [3.8, 4) is 5.75 Å². The van der Waals surface area contributed by atoms with E-state index >= 15 is 0 Å². The molecule has 0 aliphatic heterocycles. The zero-order chi connectivity index (χ0) is 20.3. The van der Waals surface area contributed by atoms with Gasteiger partial charge in [0.1, 0.15) is 5.75 Å². The Morgan fingerprint density at radius 2 is 1.64 bits per heavy atom. The minimum Gasteiger partial charge on any atom is -0.495 e. The van der Waals surface area contributed by atoms with E-state index in [1.807, 2.05) is 0 Å². The molecule has 9 heteroatoms. The van der Waals surface area contributed by atoms with Crippen molar-refractivity contribution in [3.05, 3.63) is 18.2 Å². The number of benzene rings is 1. The van der Waals surface area contributed by atoms with Gasteiger partial charge in [0.25, 0.3) is 9.84 Å². The molecule has 1 aromatic carbocycles. The molecule has 0 saturated heterocycles. The lowest BCUT2D eigenvalue weighted by atomic mass is 9.49. The van der Waals surface area contributed by atoms with Gasteiger partial charge >= 0.3 is 5.51 Å². The standard InChI is InChI=1S/C19H22F3NO4S/c1-27-16-3-2-14(28(25,26)19(20,21)22)7-15(16)23-17(24)18-8-11-4-12(9-18)6-13(5-11)10-18/h2-3,7,11-13H,4-6,8-10H2,1H3,(H,23,24). The van der Waals surface area contributed by atoms with Crippen LogP contribution in [0, 0.1) is 23.2 Å². The first-order valence-corrected chi connectivity index (χ1v) is 10.8. The molecule has 4 aliphatic rings. The number of carbonyl (C=O) groups is 1. The van der Waals surface area contributed by atoms with Crippen LogP contribution in [-0.2, 0) is 14.6 Å². The predicted octanol–water partition coefficient (Wildman–Crippen LogP) is 4.14. The zero-order valence-corrected chi connectivity index (χ0v) is 16.2. The summed E-state index contributed by atoms with van der Waals surface area (Å²) in [5.74, 6) is 1.45. The van der Waals surface area contributed by atoms with E-state index in [9.17, 15) is 26.4 Å². The molecule has 1 amide bonds. The van der Waals surface area contributed by atoms with Gasteiger partial charge in [-0.2, -0.15) is 13.2 Å². The SMILES string of the molecule is COc1ccc(S(=O)(=O)C(F)(F)F)cc1NC(=O)C12CC3CC(CC(C3)C1)C2. The van der Waals surface area contributed by atoms with Gasteiger partial charge in [-0.1, -0.05) is 0 Å². The smallest absolute Gasteiger partial charge is 0.495 e. The molecule has 4 fully saturated rings. The van der Waals surface area contributed by atoms with E-state index in [2.05, 4.69) is 5.32 Å². The normalized spacial score (nSPS) is 31.6. The summed E-state index contributed by atoms with van der Waals surface area (Å²) in [6.07, 6.45) is 5.80. The largest absolute Gasteiger partial charge is 0.501 e. The number of amides is 1. The van der Waals surface area contributed by atoms with Crippen molar-refractivity contribution < 1.29 is 31.1 Å². The maximum atomic E-state index is 13.2. The highest BCUT2D eigenvalue weighted by Gasteiger charge is 2.54. The van der Waals surface area contributed by atoms with Crippen LogP contribution in [0.25, 0.3) is 0 Å². The molecule has 4 saturated carbocycles. The molecule has 0 heterocycles. The molecule has 0 atom stereocenters. The van der Waals surface area contributed by atoms with Gasteiger partial charge < -0.3 is 10.1 Å². The quantitative estimate of drug-likeness (QED) is 0.799. The lowest BCUT2D eigenvalue weighted by molar-refractivity contribution is -0.140. The third kappa shape index (κ3) is 3.07. The number of hydrogen-bond acceptors (Lipinski definition) is 4. The van der Waals surface area contributed by atoms with Gasteiger partial charge in [0.05, 0.1) is 23.1 Å². The fourth-order valence-electron chi connectivity index (χ4n) is 5.73. The number of halogens is 3. The minimum absolute atomic E-state index is 0.0476. The lowest BCUT2D eigenvalue weighted by Crippen LogP contribution is -2.51. The highest BCUT2D eigenvalue weighted by molar-refractivity contribution is 7.92. The zero-order valence-electron chi connectivity index (χ0n) is 15.4. The molecule has 1 aromatic rings. The number of nitrogens with one attached hydrogen (secondary N) is 1. The van der Waals surface area contributed by atoms with Crippen LogP contribution in [-0.4, -0.2) is 26.9 Å². The number of sulfone groups is 1. The summed E-state index contributed by atoms with van der Waals surface area (Å²) < 4.78 is 67.3. The highest BCUT2D eigenvalue weighted by atomic mass is 32.2. The van der Waals surface area contributed by atoms with E-state index in [1.54, 1.807) is 0 Å². The summed E-state index contributed by atoms with van der Waals surface area (Å²) in [6.45, 7) is 0. The molecule has 5 rings (SSSR count). The highest BCUT2D eigenvalue weighted by Crippen LogP contribution is 2.60. The van der Waals surface area contributed by atoms with Crippen molar-refractivity contribution in [2.45, 2.75) is 48.9 Å². The van der Waals surface area contributed by atoms with Crippen molar-refractivity contribution in [1.29, 1.82) is 0 Å². The summed E-state index contributed by atoms with van der Waals surface area (Å²) >= 11 is 0. The fourth-order valence-corrected chi connectivity index (χ4v) is 6.52. The summed E-state index contributed by atoms with van der Waals surface area (Å²) in [5.41, 5.74) is -5.98. The molecule has 154 valence electrons. The van der Waals surface area contributed by atoms with Gasteiger partial charge in [-0.25, -0.2) is 8.42 Å². The van der Waals surface area contributed by atoms with Crippen LogP contribution in [0.1, 0.15) is 38.5 Å². The molecule has 0 unspecified atom stereocenters. The van der Waals surface area contributed by atoms with Crippen LogP contribution in [0.15, 0.2) is 23.1 Å². The maximum Gasteiger partial charge on any atom is 0.501 e. The second-order valence-corrected chi connectivity index (χ2v) is 10.4. The Balaban J connectivity index is 1.64. The number of alkyl halides is 3. The van der Waals surface area contributed by atoms with Crippen LogP contribution < -0.4 is 10.1 Å². The van der Waals surface area contributed by atoms with Crippen LogP contribution in [0.5, 0.6) is 5.75 Å². The van der Waals surface area contributed by atoms with E-state index in [0.29, 0.717) is 17.8 Å². The Morgan fingerprint density at radius 1 is 1.11 bits per heavy atom. The second kappa shape index (κ2) is 6.37. The van der Waals surface area contributed by atoms with E-state index in [0.717, 1.165) is 56.7 Å². The van der Waals surface area contributed by atoms with Crippen molar-refractivity contribution in [1.82, 2.24) is 0 Å². The van der Waals surface area contributed by atoms with Gasteiger partial charge in [-0.3, -0.25) is 4.79 Å². The van der Waals surface area contributed by atoms with Crippen LogP contribution in [0.2, 0.25) is 0 Å². The van der Waals surface area contributed by atoms with Gasteiger partial charge in [-0.05, 0) is 74.5 Å². The Kier molecular flexibility index (Phi) is 4.44. The van der Waals surface area contributed by atoms with Crippen LogP contribution >= 0.6 is 0 Å². The molecular formula is C19H22F3NO4S. The Bertz CT molecular complexity index is 875. The Hall–Kier alpha value is -1.77. The number of methoxy groups -OCH3 is 1. The summed E-state index contributed by atoms with van der Waals surface area (Å²) in [7, 11) is -4.20. The molecule has 1 N–H and O–H groups in total. The maximum absolute atomic E-state index is 13.2. The van der Waals surface area contributed by atoms with Crippen molar-refractivity contribution in [3.63, 3.8) is 0 Å². The number of carbonyl (C=O) groups excluding carboxylic acids is 1. The van der Waals surface area contributed by atoms with Crippen LogP contribution in [0.4, 0.5) is 18.9 Å². The third-order valence-electron chi connectivity index (χ3n) is 6.55. The van der Waals surface area contributed by atoms with Crippen LogP contribution in [0.3, 0.4) is 0 Å². The lowest BCUT2D eigenvalue weighted by Gasteiger charge is -2.55. The number of rotatable bonds is 4. The predicted molar refractivity (Wildman–Crippen MR) is 95.5 cm³/mol. The number of ether oxygens (including phenoxy) is 1. The second-order valence-electron chi connectivity index (χ2n) is 8.46. The van der Waals surface area contributed by atoms with Gasteiger partial charge in [0.15, 0.2) is 0 Å². The van der Waals surface area contributed by atoms with E-state index in [-0.39, 0.29) is 17.3 Å². The average Bonchev–Trinajstić information content (AvgIpc) is 2.59. The minimum atomic E-state index is -5.51. The molecule has 28 heavy (non-hydrogen) atoms. The average molecular weight is 417 g/mol. The summed E-state index contributed by atoms with van der Waals surface area (Å²) in [4.78, 5) is 12.2. The third-order valence-corrected chi connectivity index (χ3v) is 8.04. The van der Waals surface area contributed by atoms with Crippen molar-refractivity contribution >= 4 is 21.4 Å². The first kappa shape index (κ1) is 19.5. The van der Waals surface area contributed by atoms with E-state index in [1.165, 1.54) is 7.11 Å². The molecule has 5 nitrogen and oxygen atoms in total. The van der Waals surface area contributed by atoms with Gasteiger partial charge in [-0.15, -0.1) is 0 Å². The fraction of sp³-hybridized carbons (Fsp3) is 0.632. The van der Waals surface area contributed by atoms with Gasteiger partial charge in [0.2, 0.25) is 5.91 Å². The van der Waals surface area contributed by atoms with E-state index in [4.69, 9.17) is 4.74 Å². The molecule has 0 spiro atoms. The van der Waals surface area contributed by atoms with Crippen molar-refractivity contribution in [2.75, 3.05) is 12.4 Å². The Morgan fingerprint density at radius 3 is 2.11 bits per heavy atom. The summed E-state index contributed by atoms with van der Waals surface area (Å²) in [6, 6.07) is 2.80. The Labute approximate surface area is 161 Å². The molecular weight excluding hydrogens is 395 g/mol. The molecule has 4 bridgehead atoms. The molecule has 0 radical (unpaired) electrons. The number of hydrogen-bond donors (Lipinski definition) is 1. The van der Waals surface area contributed by atoms with Crippen molar-refractivity contribution in [2.24, 2.45) is 23.2 Å². The monoisotopic (exact) mass is 417 g/mol. The molecule has 4 aliphatic carbocycles. The van der Waals surface area contributed by atoms with Gasteiger partial charge in [0, 0.05) is 0 Å². The first-order chi connectivity index (χ1) is 13.0. The number of anilines is 1. The summed E-state index contributed by atoms with van der Waals surface area (Å²) in [5, 5.41) is 2.69.